The fourth-order valence-electron chi connectivity index (χ4n) is 2.43. The lowest BCUT2D eigenvalue weighted by Crippen LogP contribution is -2.43. The van der Waals surface area contributed by atoms with E-state index in [0.29, 0.717) is 15.7 Å². The molecule has 104 valence electrons. The van der Waals surface area contributed by atoms with E-state index in [1.165, 1.54) is 12.8 Å². The summed E-state index contributed by atoms with van der Waals surface area (Å²) >= 11 is 12.0. The number of benzene rings is 1. The lowest BCUT2D eigenvalue weighted by Gasteiger charge is -2.25. The number of carbonyl (C=O) groups excluding carboxylic acids is 1. The third kappa shape index (κ3) is 3.85. The summed E-state index contributed by atoms with van der Waals surface area (Å²) in [4.78, 5) is 11.9. The Kier molecular flexibility index (Phi) is 4.71. The van der Waals surface area contributed by atoms with E-state index in [-0.39, 0.29) is 18.0 Å². The summed E-state index contributed by atoms with van der Waals surface area (Å²) in [6.07, 6.45) is 4.68. The molecule has 19 heavy (non-hydrogen) atoms. The van der Waals surface area contributed by atoms with Crippen LogP contribution in [0.3, 0.4) is 0 Å². The second-order valence-corrected chi connectivity index (χ2v) is 6.08. The molecule has 0 aromatic heterocycles. The standard InChI is InChI=1S/C14H18Cl2N2O/c1-14(7-2-3-8-14)17-9-12(19)18-13-10(15)5-4-6-11(13)16/h4-6,17H,2-3,7-9H2,1H3,(H,18,19). The average Bonchev–Trinajstić information content (AvgIpc) is 2.79. The number of anilines is 1. The van der Waals surface area contributed by atoms with Crippen molar-refractivity contribution in [2.75, 3.05) is 11.9 Å². The number of para-hydroxylation sites is 1. The van der Waals surface area contributed by atoms with Crippen molar-refractivity contribution in [2.45, 2.75) is 38.1 Å². The van der Waals surface area contributed by atoms with Gasteiger partial charge in [-0.05, 0) is 31.9 Å². The highest BCUT2D eigenvalue weighted by molar-refractivity contribution is 6.39. The van der Waals surface area contributed by atoms with Gasteiger partial charge >= 0.3 is 0 Å². The van der Waals surface area contributed by atoms with Gasteiger partial charge in [-0.15, -0.1) is 0 Å². The SMILES string of the molecule is CC1(NCC(=O)Nc2c(Cl)cccc2Cl)CCCC1. The molecule has 1 saturated carbocycles. The van der Waals surface area contributed by atoms with Crippen LogP contribution < -0.4 is 10.6 Å². The lowest BCUT2D eigenvalue weighted by molar-refractivity contribution is -0.115. The van der Waals surface area contributed by atoms with Gasteiger partial charge in [0.05, 0.1) is 22.3 Å². The quantitative estimate of drug-likeness (QED) is 0.886. The molecular weight excluding hydrogens is 283 g/mol. The van der Waals surface area contributed by atoms with Crippen LogP contribution in [-0.2, 0) is 4.79 Å². The van der Waals surface area contributed by atoms with Crippen molar-refractivity contribution >= 4 is 34.8 Å². The summed E-state index contributed by atoms with van der Waals surface area (Å²) < 4.78 is 0. The minimum absolute atomic E-state index is 0.0849. The summed E-state index contributed by atoms with van der Waals surface area (Å²) in [5, 5.41) is 6.98. The third-order valence-corrected chi connectivity index (χ3v) is 4.24. The molecular formula is C14H18Cl2N2O. The number of amides is 1. The predicted octanol–water partition coefficient (Wildman–Crippen LogP) is 3.85. The summed E-state index contributed by atoms with van der Waals surface area (Å²) in [6.45, 7) is 2.44. The maximum Gasteiger partial charge on any atom is 0.238 e. The van der Waals surface area contributed by atoms with E-state index in [1.54, 1.807) is 18.2 Å². The average molecular weight is 301 g/mol. The van der Waals surface area contributed by atoms with Crippen molar-refractivity contribution in [3.8, 4) is 0 Å². The zero-order chi connectivity index (χ0) is 13.9. The molecule has 0 bridgehead atoms. The number of hydrogen-bond acceptors (Lipinski definition) is 2. The highest BCUT2D eigenvalue weighted by Gasteiger charge is 2.28. The van der Waals surface area contributed by atoms with Crippen LogP contribution in [0.2, 0.25) is 10.0 Å². The molecule has 0 saturated heterocycles. The van der Waals surface area contributed by atoms with Crippen molar-refractivity contribution in [2.24, 2.45) is 0 Å². The number of rotatable bonds is 4. The largest absolute Gasteiger partial charge is 0.322 e. The second-order valence-electron chi connectivity index (χ2n) is 5.27. The summed E-state index contributed by atoms with van der Waals surface area (Å²) in [5.41, 5.74) is 0.566. The molecule has 1 amide bonds. The van der Waals surface area contributed by atoms with E-state index in [2.05, 4.69) is 17.6 Å². The maximum atomic E-state index is 11.9. The first-order valence-electron chi connectivity index (χ1n) is 6.49. The zero-order valence-corrected chi connectivity index (χ0v) is 12.4. The lowest BCUT2D eigenvalue weighted by atomic mass is 10.0. The van der Waals surface area contributed by atoms with Gasteiger partial charge in [0, 0.05) is 5.54 Å². The molecule has 0 aliphatic heterocycles. The third-order valence-electron chi connectivity index (χ3n) is 3.61. The van der Waals surface area contributed by atoms with Crippen LogP contribution in [0.1, 0.15) is 32.6 Å². The van der Waals surface area contributed by atoms with E-state index >= 15 is 0 Å². The van der Waals surface area contributed by atoms with Gasteiger partial charge in [-0.3, -0.25) is 4.79 Å². The van der Waals surface area contributed by atoms with E-state index in [1.807, 2.05) is 0 Å². The fraction of sp³-hybridized carbons (Fsp3) is 0.500. The minimum atomic E-state index is -0.122. The summed E-state index contributed by atoms with van der Waals surface area (Å²) in [6, 6.07) is 5.15. The van der Waals surface area contributed by atoms with E-state index in [9.17, 15) is 4.79 Å². The Balaban J connectivity index is 1.91. The van der Waals surface area contributed by atoms with Crippen LogP contribution in [0.15, 0.2) is 18.2 Å². The minimum Gasteiger partial charge on any atom is -0.322 e. The van der Waals surface area contributed by atoms with Gasteiger partial charge in [-0.25, -0.2) is 0 Å². The molecule has 1 aliphatic rings. The Morgan fingerprint density at radius 2 is 1.84 bits per heavy atom. The predicted molar refractivity (Wildman–Crippen MR) is 80.0 cm³/mol. The van der Waals surface area contributed by atoms with E-state index in [0.717, 1.165) is 12.8 Å². The number of carbonyl (C=O) groups is 1. The molecule has 0 atom stereocenters. The van der Waals surface area contributed by atoms with Crippen molar-refractivity contribution < 1.29 is 4.79 Å². The Labute approximate surface area is 123 Å². The number of halogens is 2. The van der Waals surface area contributed by atoms with E-state index < -0.39 is 0 Å². The van der Waals surface area contributed by atoms with Gasteiger partial charge in [0.25, 0.3) is 0 Å². The van der Waals surface area contributed by atoms with Crippen LogP contribution in [0.5, 0.6) is 0 Å². The molecule has 0 unspecified atom stereocenters. The van der Waals surface area contributed by atoms with Gasteiger partial charge in [-0.1, -0.05) is 42.1 Å². The van der Waals surface area contributed by atoms with Gasteiger partial charge < -0.3 is 10.6 Å². The molecule has 0 spiro atoms. The van der Waals surface area contributed by atoms with Crippen LogP contribution in [-0.4, -0.2) is 18.0 Å². The molecule has 1 aliphatic carbocycles. The van der Waals surface area contributed by atoms with Gasteiger partial charge in [0.1, 0.15) is 0 Å². The summed E-state index contributed by atoms with van der Waals surface area (Å²) in [7, 11) is 0. The molecule has 2 N–H and O–H groups in total. The second kappa shape index (κ2) is 6.12. The Bertz CT molecular complexity index is 450. The van der Waals surface area contributed by atoms with Gasteiger partial charge in [0.2, 0.25) is 5.91 Å². The molecule has 0 heterocycles. The normalized spacial score (nSPS) is 17.4. The zero-order valence-electron chi connectivity index (χ0n) is 10.9. The topological polar surface area (TPSA) is 41.1 Å². The highest BCUT2D eigenvalue weighted by Crippen LogP contribution is 2.30. The van der Waals surface area contributed by atoms with Crippen LogP contribution >= 0.6 is 23.2 Å². The smallest absolute Gasteiger partial charge is 0.238 e. The van der Waals surface area contributed by atoms with Gasteiger partial charge in [-0.2, -0.15) is 0 Å². The van der Waals surface area contributed by atoms with Gasteiger partial charge in [0.15, 0.2) is 0 Å². The molecule has 5 heteroatoms. The first-order valence-corrected chi connectivity index (χ1v) is 7.25. The molecule has 1 fully saturated rings. The van der Waals surface area contributed by atoms with Crippen molar-refractivity contribution in [1.29, 1.82) is 0 Å². The molecule has 1 aromatic carbocycles. The van der Waals surface area contributed by atoms with Crippen molar-refractivity contribution in [3.63, 3.8) is 0 Å². The molecule has 0 radical (unpaired) electrons. The Hall–Kier alpha value is -0.770. The van der Waals surface area contributed by atoms with Crippen LogP contribution in [0.4, 0.5) is 5.69 Å². The van der Waals surface area contributed by atoms with Crippen molar-refractivity contribution in [1.82, 2.24) is 5.32 Å². The maximum absolute atomic E-state index is 11.9. The number of hydrogen-bond donors (Lipinski definition) is 2. The highest BCUT2D eigenvalue weighted by atomic mass is 35.5. The first kappa shape index (κ1) is 14.6. The van der Waals surface area contributed by atoms with Crippen LogP contribution in [0.25, 0.3) is 0 Å². The van der Waals surface area contributed by atoms with Crippen LogP contribution in [0, 0.1) is 0 Å². The Morgan fingerprint density at radius 3 is 2.42 bits per heavy atom. The Morgan fingerprint density at radius 1 is 1.26 bits per heavy atom. The molecule has 2 rings (SSSR count). The number of nitrogens with one attached hydrogen (secondary N) is 2. The first-order chi connectivity index (χ1) is 9.00. The van der Waals surface area contributed by atoms with Crippen molar-refractivity contribution in [3.05, 3.63) is 28.2 Å². The monoisotopic (exact) mass is 300 g/mol. The molecule has 3 nitrogen and oxygen atoms in total. The fourth-order valence-corrected chi connectivity index (χ4v) is 2.92. The molecule has 1 aromatic rings. The van der Waals surface area contributed by atoms with E-state index in [4.69, 9.17) is 23.2 Å². The summed E-state index contributed by atoms with van der Waals surface area (Å²) in [5.74, 6) is -0.122.